The van der Waals surface area contributed by atoms with Crippen LogP contribution in [0.4, 0.5) is 0 Å². The van der Waals surface area contributed by atoms with Crippen molar-refractivity contribution >= 4 is 42.2 Å². The zero-order valence-corrected chi connectivity index (χ0v) is 27.8. The number of nitrogens with two attached hydrogens (primary N) is 1. The van der Waals surface area contributed by atoms with E-state index in [0.29, 0.717) is 23.0 Å². The van der Waals surface area contributed by atoms with Gasteiger partial charge in [0.25, 0.3) is 19.1 Å². The molecule has 4 aromatic rings. The summed E-state index contributed by atoms with van der Waals surface area (Å²) in [5.41, 5.74) is 0. The lowest BCUT2D eigenvalue weighted by molar-refractivity contribution is 0.198. The van der Waals surface area contributed by atoms with Gasteiger partial charge in [0.2, 0.25) is 0 Å². The molecule has 0 amide bonds. The zero-order chi connectivity index (χ0) is 32.3. The number of halogens is 2. The number of benzene rings is 4. The molecule has 45 heavy (non-hydrogen) atoms. The van der Waals surface area contributed by atoms with Crippen molar-refractivity contribution in [2.24, 2.45) is 5.90 Å². The molecule has 0 aromatic heterocycles. The molecule has 1 heterocycles. The highest BCUT2D eigenvalue weighted by Crippen LogP contribution is 2.18. The Labute approximate surface area is 275 Å². The quantitative estimate of drug-likeness (QED) is 0.172. The van der Waals surface area contributed by atoms with Gasteiger partial charge in [-0.05, 0) is 90.5 Å². The Morgan fingerprint density at radius 3 is 1.40 bits per heavy atom. The van der Waals surface area contributed by atoms with E-state index in [4.69, 9.17) is 35.6 Å². The van der Waals surface area contributed by atoms with Crippen LogP contribution in [0, 0.1) is 0 Å². The van der Waals surface area contributed by atoms with Gasteiger partial charge in [0.1, 0.15) is 23.0 Å². The topological polar surface area (TPSA) is 152 Å². The Kier molecular flexibility index (Phi) is 18.6. The van der Waals surface area contributed by atoms with Crippen LogP contribution in [-0.2, 0) is 23.8 Å². The second-order valence-corrected chi connectivity index (χ2v) is 12.8. The lowest BCUT2D eigenvalue weighted by Gasteiger charge is -2.08. The minimum Gasteiger partial charge on any atom is -0.497 e. The first-order valence-electron chi connectivity index (χ1n) is 13.0. The molecule has 246 valence electrons. The summed E-state index contributed by atoms with van der Waals surface area (Å²) in [6.07, 6.45) is 2.56. The van der Waals surface area contributed by atoms with E-state index in [-0.39, 0.29) is 22.2 Å². The van der Waals surface area contributed by atoms with E-state index in [1.165, 1.54) is 63.5 Å². The first kappa shape index (κ1) is 39.5. The summed E-state index contributed by atoms with van der Waals surface area (Å²) >= 11 is 0. The monoisotopic (exact) mass is 702 g/mol. The van der Waals surface area contributed by atoms with Gasteiger partial charge in [0, 0.05) is 23.9 Å². The molecule has 0 aliphatic carbocycles. The van der Waals surface area contributed by atoms with Crippen molar-refractivity contribution in [2.45, 2.75) is 22.6 Å². The number of methoxy groups -OCH3 is 2. The maximum atomic E-state index is 11.9. The number of ether oxygens (including phenoxy) is 3. The number of nitrogens with one attached hydrogen (secondary N) is 1. The van der Waals surface area contributed by atoms with Gasteiger partial charge in [-0.3, -0.25) is 0 Å². The van der Waals surface area contributed by atoms with Gasteiger partial charge < -0.3 is 23.9 Å². The molecular weight excluding hydrogens is 667 g/mol. The number of hydrogen-bond donors (Lipinski definition) is 2. The molecule has 1 aliphatic heterocycles. The lowest BCUT2D eigenvalue weighted by atomic mass is 10.3. The van der Waals surface area contributed by atoms with Gasteiger partial charge in [-0.1, -0.05) is 36.4 Å². The van der Waals surface area contributed by atoms with Crippen LogP contribution in [0.1, 0.15) is 12.8 Å². The predicted octanol–water partition coefficient (Wildman–Crippen LogP) is 5.75. The molecule has 5 rings (SSSR count). The third-order valence-corrected chi connectivity index (χ3v) is 8.00. The first-order valence-corrected chi connectivity index (χ1v) is 16.8. The van der Waals surface area contributed by atoms with E-state index >= 15 is 0 Å². The second kappa shape index (κ2) is 21.2. The van der Waals surface area contributed by atoms with E-state index in [1.807, 2.05) is 24.3 Å². The van der Waals surface area contributed by atoms with Crippen LogP contribution in [0.25, 0.3) is 0 Å². The fraction of sp³-hybridized carbons (Fsp3) is 0.200. The van der Waals surface area contributed by atoms with E-state index in [0.717, 1.165) is 13.2 Å². The summed E-state index contributed by atoms with van der Waals surface area (Å²) in [4.78, 5) is 11.7. The molecule has 0 radical (unpaired) electrons. The molecule has 3 N–H and O–H groups in total. The number of rotatable bonds is 8. The van der Waals surface area contributed by atoms with Crippen LogP contribution in [-0.4, -0.2) is 44.3 Å². The van der Waals surface area contributed by atoms with Crippen molar-refractivity contribution in [3.8, 4) is 23.0 Å². The largest absolute Gasteiger partial charge is 0.497 e. The highest BCUT2D eigenvalue weighted by molar-refractivity contribution is 8.13. The van der Waals surface area contributed by atoms with Crippen LogP contribution < -0.4 is 29.9 Å². The third-order valence-electron chi connectivity index (χ3n) is 5.43. The van der Waals surface area contributed by atoms with Gasteiger partial charge in [-0.15, -0.1) is 12.4 Å². The summed E-state index contributed by atoms with van der Waals surface area (Å²) in [7, 11) is 0.781. The summed E-state index contributed by atoms with van der Waals surface area (Å²) < 4.78 is 60.1. The van der Waals surface area contributed by atoms with E-state index in [9.17, 15) is 16.8 Å². The van der Waals surface area contributed by atoms with E-state index < -0.39 is 19.1 Å². The number of sulfonamides is 1. The van der Waals surface area contributed by atoms with Crippen molar-refractivity contribution < 1.29 is 40.7 Å². The van der Waals surface area contributed by atoms with Gasteiger partial charge in [0.05, 0.1) is 24.0 Å². The second-order valence-electron chi connectivity index (χ2n) is 8.54. The molecule has 15 heteroatoms. The Morgan fingerprint density at radius 2 is 1.07 bits per heavy atom. The number of para-hydroxylation sites is 2. The normalized spacial score (nSPS) is 11.8. The van der Waals surface area contributed by atoms with Gasteiger partial charge in [-0.2, -0.15) is 5.90 Å². The van der Waals surface area contributed by atoms with Crippen LogP contribution in [0.15, 0.2) is 119 Å². The summed E-state index contributed by atoms with van der Waals surface area (Å²) in [5.74, 6) is 7.14. The minimum absolute atomic E-state index is 0. The van der Waals surface area contributed by atoms with Crippen molar-refractivity contribution in [1.82, 2.24) is 4.89 Å². The summed E-state index contributed by atoms with van der Waals surface area (Å²) in [6.45, 7) is 2.00. The fourth-order valence-electron chi connectivity index (χ4n) is 3.14. The zero-order valence-electron chi connectivity index (χ0n) is 24.6. The predicted molar refractivity (Wildman–Crippen MR) is 175 cm³/mol. The summed E-state index contributed by atoms with van der Waals surface area (Å²) in [6, 6.07) is 29.7. The van der Waals surface area contributed by atoms with Crippen LogP contribution in [0.5, 0.6) is 23.0 Å². The average molecular weight is 704 g/mol. The molecule has 0 spiro atoms. The molecule has 0 unspecified atom stereocenters. The average Bonchev–Trinajstić information content (AvgIpc) is 3.66. The first-order chi connectivity index (χ1) is 21.1. The Morgan fingerprint density at radius 1 is 0.644 bits per heavy atom. The van der Waals surface area contributed by atoms with Gasteiger partial charge in [0.15, 0.2) is 0 Å². The van der Waals surface area contributed by atoms with E-state index in [1.54, 1.807) is 48.5 Å². The Hall–Kier alpha value is -3.56. The maximum absolute atomic E-state index is 11.9. The summed E-state index contributed by atoms with van der Waals surface area (Å²) in [5, 5.41) is 0. The number of hydrogen-bond acceptors (Lipinski definition) is 10. The molecule has 1 aliphatic rings. The molecule has 0 bridgehead atoms. The molecule has 0 atom stereocenters. The Bertz CT molecular complexity index is 1550. The molecular formula is C30H36Cl2N2O9S2. The fourth-order valence-corrected chi connectivity index (χ4v) is 4.71. The van der Waals surface area contributed by atoms with Gasteiger partial charge in [-0.25, -0.2) is 16.8 Å². The molecule has 11 nitrogen and oxygen atoms in total. The Balaban J connectivity index is 0.000000332. The van der Waals surface area contributed by atoms with Crippen LogP contribution >= 0.6 is 23.1 Å². The minimum atomic E-state index is -3.71. The van der Waals surface area contributed by atoms with Crippen molar-refractivity contribution in [3.05, 3.63) is 109 Å². The van der Waals surface area contributed by atoms with Crippen molar-refractivity contribution in [1.29, 1.82) is 0 Å². The highest BCUT2D eigenvalue weighted by Gasteiger charge is 2.14. The molecule has 1 saturated heterocycles. The smallest absolute Gasteiger partial charge is 0.271 e. The van der Waals surface area contributed by atoms with Crippen molar-refractivity contribution in [2.75, 3.05) is 27.4 Å². The lowest BCUT2D eigenvalue weighted by Crippen LogP contribution is -2.27. The highest BCUT2D eigenvalue weighted by atomic mass is 35.7. The van der Waals surface area contributed by atoms with Crippen molar-refractivity contribution in [3.63, 3.8) is 0 Å². The third kappa shape index (κ3) is 15.8. The van der Waals surface area contributed by atoms with E-state index in [2.05, 4.69) is 9.72 Å². The molecule has 1 fully saturated rings. The molecule has 0 saturated carbocycles. The maximum Gasteiger partial charge on any atom is 0.271 e. The SMILES string of the molecule is C1CCOC1.COc1ccc(S(=O)(=O)Cl)cc1.COc1ccc(S(=O)(=O)NOc2ccccc2)cc1.Cl.NOc1ccccc1. The standard InChI is InChI=1S/C13H13NO4S.C7H7ClO3S.C6H7NO.C4H8O.ClH/c1-17-11-7-9-13(10-8-11)19(15,16)14-18-12-5-3-2-4-6-12;1-11-6-2-4-7(5-3-6)12(8,9)10;7-8-6-4-2-1-3-5-6;1-2-4-5-3-1;/h2-10,14H,1H3;2-5H,1H3;1-5H,7H2;1-4H2;1H. The molecule has 4 aromatic carbocycles. The van der Waals surface area contributed by atoms with Crippen LogP contribution in [0.3, 0.4) is 0 Å². The van der Waals surface area contributed by atoms with Gasteiger partial charge >= 0.3 is 0 Å². The van der Waals surface area contributed by atoms with Crippen LogP contribution in [0.2, 0.25) is 0 Å².